The summed E-state index contributed by atoms with van der Waals surface area (Å²) in [6.45, 7) is 0. The van der Waals surface area contributed by atoms with Crippen molar-refractivity contribution in [2.75, 3.05) is 19.1 Å². The average Bonchev–Trinajstić information content (AvgIpc) is 3.57. The number of amides is 1. The number of H-pyrrole nitrogens is 1. The quantitative estimate of drug-likeness (QED) is 0.412. The van der Waals surface area contributed by atoms with Crippen LogP contribution >= 0.6 is 11.3 Å². The molecular formula is C24H19N3O5S. The Kier molecular flexibility index (Phi) is 5.10. The summed E-state index contributed by atoms with van der Waals surface area (Å²) in [6, 6.07) is 14.8. The molecule has 2 aromatic heterocycles. The van der Waals surface area contributed by atoms with Crippen LogP contribution in [0, 0.1) is 0 Å². The number of anilines is 1. The molecule has 0 saturated heterocycles. The van der Waals surface area contributed by atoms with E-state index in [2.05, 4.69) is 9.97 Å². The molecule has 33 heavy (non-hydrogen) atoms. The number of thiophene rings is 1. The second-order valence-corrected chi connectivity index (χ2v) is 8.31. The Hall–Kier alpha value is -4.11. The van der Waals surface area contributed by atoms with E-state index >= 15 is 0 Å². The third kappa shape index (κ3) is 3.42. The molecule has 1 amide bonds. The average molecular weight is 461 g/mol. The van der Waals surface area contributed by atoms with Gasteiger partial charge in [0.15, 0.2) is 5.76 Å². The Balaban J connectivity index is 1.68. The van der Waals surface area contributed by atoms with Gasteiger partial charge in [-0.2, -0.15) is 0 Å². The van der Waals surface area contributed by atoms with Crippen LogP contribution in [-0.2, 0) is 4.79 Å². The molecular weight excluding hydrogens is 442 g/mol. The van der Waals surface area contributed by atoms with Gasteiger partial charge in [-0.1, -0.05) is 18.2 Å². The van der Waals surface area contributed by atoms with Crippen LogP contribution in [0.3, 0.4) is 0 Å². The maximum absolute atomic E-state index is 13.4. The van der Waals surface area contributed by atoms with E-state index in [1.807, 2.05) is 0 Å². The molecule has 3 heterocycles. The molecule has 2 N–H and O–H groups in total. The fraction of sp³-hybridized carbons (Fsp3) is 0.125. The Morgan fingerprint density at radius 2 is 1.88 bits per heavy atom. The normalized spacial score (nSPS) is 16.0. The molecule has 0 fully saturated rings. The topological polar surface area (TPSA) is 105 Å². The van der Waals surface area contributed by atoms with Crippen molar-refractivity contribution in [1.82, 2.24) is 9.97 Å². The predicted octanol–water partition coefficient (Wildman–Crippen LogP) is 4.42. The summed E-state index contributed by atoms with van der Waals surface area (Å²) in [7, 11) is 3.10. The van der Waals surface area contributed by atoms with Crippen LogP contribution in [0.2, 0.25) is 0 Å². The smallest absolute Gasteiger partial charge is 0.296 e. The van der Waals surface area contributed by atoms with Gasteiger partial charge in [0, 0.05) is 6.07 Å². The van der Waals surface area contributed by atoms with Gasteiger partial charge in [0.2, 0.25) is 11.7 Å². The van der Waals surface area contributed by atoms with Gasteiger partial charge in [-0.3, -0.25) is 14.5 Å². The Morgan fingerprint density at radius 1 is 1.09 bits per heavy atom. The van der Waals surface area contributed by atoms with Crippen LogP contribution < -0.4 is 14.4 Å². The van der Waals surface area contributed by atoms with E-state index in [4.69, 9.17) is 9.47 Å². The molecule has 9 heteroatoms. The Labute approximate surface area is 192 Å². The summed E-state index contributed by atoms with van der Waals surface area (Å²) in [4.78, 5) is 36.0. The number of benzene rings is 2. The Bertz CT molecular complexity index is 1410. The largest absolute Gasteiger partial charge is 0.503 e. The first-order chi connectivity index (χ1) is 16.0. The van der Waals surface area contributed by atoms with Gasteiger partial charge in [-0.05, 0) is 41.3 Å². The Morgan fingerprint density at radius 3 is 2.61 bits per heavy atom. The number of methoxy groups -OCH3 is 2. The molecule has 5 rings (SSSR count). The van der Waals surface area contributed by atoms with E-state index < -0.39 is 23.5 Å². The van der Waals surface area contributed by atoms with Gasteiger partial charge in [0.1, 0.15) is 11.5 Å². The van der Waals surface area contributed by atoms with Crippen LogP contribution in [0.1, 0.15) is 21.3 Å². The summed E-state index contributed by atoms with van der Waals surface area (Å²) in [5.41, 5.74) is 1.86. The number of rotatable bonds is 6. The van der Waals surface area contributed by atoms with E-state index in [0.29, 0.717) is 33.0 Å². The molecule has 0 saturated carbocycles. The number of nitrogens with one attached hydrogen (secondary N) is 1. The minimum Gasteiger partial charge on any atom is -0.503 e. The molecule has 0 spiro atoms. The van der Waals surface area contributed by atoms with Crippen molar-refractivity contribution in [1.29, 1.82) is 0 Å². The molecule has 0 bridgehead atoms. The van der Waals surface area contributed by atoms with Crippen molar-refractivity contribution in [2.45, 2.75) is 6.04 Å². The summed E-state index contributed by atoms with van der Waals surface area (Å²) < 4.78 is 10.6. The first-order valence-corrected chi connectivity index (χ1v) is 10.9. The van der Waals surface area contributed by atoms with Crippen LogP contribution in [0.15, 0.2) is 71.3 Å². The lowest BCUT2D eigenvalue weighted by atomic mass is 9.95. The maximum atomic E-state index is 13.4. The molecule has 4 aromatic rings. The standard InChI is InChI=1S/C24H19N3O5S/c1-31-14-6-3-5-13(11-14)20-19(21(28)18-7-4-10-33-18)22(29)23(30)27(20)24-25-16-9-8-15(32-2)12-17(16)26-24/h3-12,20,29H,1-2H3,(H,25,26). The van der Waals surface area contributed by atoms with E-state index in [1.165, 1.54) is 23.3 Å². The van der Waals surface area contributed by atoms with Gasteiger partial charge < -0.3 is 19.6 Å². The fourth-order valence-corrected chi connectivity index (χ4v) is 4.62. The zero-order valence-electron chi connectivity index (χ0n) is 17.7. The highest BCUT2D eigenvalue weighted by atomic mass is 32.1. The van der Waals surface area contributed by atoms with E-state index in [-0.39, 0.29) is 11.5 Å². The monoisotopic (exact) mass is 461 g/mol. The molecule has 1 unspecified atom stereocenters. The number of fused-ring (bicyclic) bond motifs is 1. The number of ketones is 1. The number of ether oxygens (including phenoxy) is 2. The zero-order valence-corrected chi connectivity index (χ0v) is 18.6. The van der Waals surface area contributed by atoms with Crippen molar-refractivity contribution >= 4 is 40.0 Å². The maximum Gasteiger partial charge on any atom is 0.296 e. The van der Waals surface area contributed by atoms with Gasteiger partial charge in [-0.25, -0.2) is 4.98 Å². The van der Waals surface area contributed by atoms with Gasteiger partial charge in [0.05, 0.1) is 41.7 Å². The lowest BCUT2D eigenvalue weighted by Crippen LogP contribution is -2.32. The molecule has 8 nitrogen and oxygen atoms in total. The van der Waals surface area contributed by atoms with Crippen molar-refractivity contribution in [3.8, 4) is 11.5 Å². The number of aliphatic hydroxyl groups excluding tert-OH is 1. The number of aliphatic hydroxyl groups is 1. The van der Waals surface area contributed by atoms with Crippen LogP contribution in [0.4, 0.5) is 5.95 Å². The summed E-state index contributed by atoms with van der Waals surface area (Å²) in [5, 5.41) is 12.6. The molecule has 0 aliphatic carbocycles. The van der Waals surface area contributed by atoms with Gasteiger partial charge >= 0.3 is 0 Å². The minimum absolute atomic E-state index is 0.00580. The summed E-state index contributed by atoms with van der Waals surface area (Å²) >= 11 is 1.24. The number of hydrogen-bond donors (Lipinski definition) is 2. The predicted molar refractivity (Wildman–Crippen MR) is 124 cm³/mol. The third-order valence-corrected chi connectivity index (χ3v) is 6.38. The molecule has 166 valence electrons. The van der Waals surface area contributed by atoms with Crippen LogP contribution in [0.5, 0.6) is 11.5 Å². The second-order valence-electron chi connectivity index (χ2n) is 7.37. The number of aromatic nitrogens is 2. The van der Waals surface area contributed by atoms with Crippen molar-refractivity contribution in [2.24, 2.45) is 0 Å². The van der Waals surface area contributed by atoms with Gasteiger partial charge in [0.25, 0.3) is 5.91 Å². The first-order valence-electron chi connectivity index (χ1n) is 10.0. The summed E-state index contributed by atoms with van der Waals surface area (Å²) in [6.07, 6.45) is 0. The zero-order chi connectivity index (χ0) is 23.1. The number of carbonyl (C=O) groups is 2. The molecule has 1 aliphatic rings. The third-order valence-electron chi connectivity index (χ3n) is 5.51. The van der Waals surface area contributed by atoms with Crippen LogP contribution in [0.25, 0.3) is 11.0 Å². The van der Waals surface area contributed by atoms with Crippen molar-refractivity contribution < 1.29 is 24.2 Å². The minimum atomic E-state index is -0.898. The number of Topliss-reactive ketones (excluding diaryl/α,β-unsaturated/α-hetero) is 1. The highest BCUT2D eigenvalue weighted by Crippen LogP contribution is 2.42. The highest BCUT2D eigenvalue weighted by Gasteiger charge is 2.46. The highest BCUT2D eigenvalue weighted by molar-refractivity contribution is 7.12. The first kappa shape index (κ1) is 20.8. The molecule has 2 aromatic carbocycles. The lowest BCUT2D eigenvalue weighted by Gasteiger charge is -2.24. The number of hydrogen-bond acceptors (Lipinski definition) is 7. The molecule has 1 aliphatic heterocycles. The molecule has 1 atom stereocenters. The number of imidazole rings is 1. The second kappa shape index (κ2) is 8.10. The van der Waals surface area contributed by atoms with E-state index in [1.54, 1.807) is 67.1 Å². The van der Waals surface area contributed by atoms with E-state index in [9.17, 15) is 14.7 Å². The number of carbonyl (C=O) groups excluding carboxylic acids is 2. The van der Waals surface area contributed by atoms with Crippen molar-refractivity contribution in [3.05, 3.63) is 81.8 Å². The number of aromatic amines is 1. The van der Waals surface area contributed by atoms with E-state index in [0.717, 1.165) is 0 Å². The molecule has 0 radical (unpaired) electrons. The van der Waals surface area contributed by atoms with Crippen LogP contribution in [-0.4, -0.2) is 41.0 Å². The number of nitrogens with zero attached hydrogens (tertiary/aromatic N) is 2. The fourth-order valence-electron chi connectivity index (χ4n) is 3.94. The van der Waals surface area contributed by atoms with Gasteiger partial charge in [-0.15, -0.1) is 11.3 Å². The lowest BCUT2D eigenvalue weighted by molar-refractivity contribution is -0.117. The SMILES string of the molecule is COc1cccc(C2C(C(=O)c3cccs3)=C(O)C(=O)N2c2nc3ccc(OC)cc3[nH]2)c1. The van der Waals surface area contributed by atoms with Crippen molar-refractivity contribution in [3.63, 3.8) is 0 Å². The summed E-state index contributed by atoms with van der Waals surface area (Å²) in [5.74, 6) is -0.332.